The molecule has 0 aliphatic rings. The van der Waals surface area contributed by atoms with E-state index in [9.17, 15) is 4.79 Å². The molecule has 16 heavy (non-hydrogen) atoms. The summed E-state index contributed by atoms with van der Waals surface area (Å²) < 4.78 is 31.6. The topological polar surface area (TPSA) is 121 Å². The number of rotatable bonds is 4. The fourth-order valence-corrected chi connectivity index (χ4v) is 0.739. The molecule has 0 spiro atoms. The van der Waals surface area contributed by atoms with Crippen molar-refractivity contribution in [2.24, 2.45) is 5.73 Å². The van der Waals surface area contributed by atoms with Crippen molar-refractivity contribution >= 4 is 16.3 Å². The zero-order chi connectivity index (χ0) is 13.4. The van der Waals surface area contributed by atoms with E-state index in [0.717, 1.165) is 6.42 Å². The highest BCUT2D eigenvalue weighted by Gasteiger charge is 2.07. The van der Waals surface area contributed by atoms with E-state index in [1.54, 1.807) is 14.1 Å². The Labute approximate surface area is 95.5 Å². The van der Waals surface area contributed by atoms with E-state index < -0.39 is 10.4 Å². The minimum atomic E-state index is -4.67. The van der Waals surface area contributed by atoms with Gasteiger partial charge in [-0.15, -0.1) is 0 Å². The summed E-state index contributed by atoms with van der Waals surface area (Å²) in [5.41, 5.74) is 5.93. The third-order valence-corrected chi connectivity index (χ3v) is 1.39. The van der Waals surface area contributed by atoms with Crippen molar-refractivity contribution in [2.45, 2.75) is 12.8 Å². The summed E-state index contributed by atoms with van der Waals surface area (Å²) in [6.45, 7) is 4.28. The standard InChI is InChI=1S/C8H16N2O.H2O4S/c1-7(5-4-6-9)8(11)10(2)3;1-5(2,3)4/h1,4-6,9H2,2-3H3;(H2,1,2,3,4). The Balaban J connectivity index is 0. The maximum absolute atomic E-state index is 11.1. The van der Waals surface area contributed by atoms with Crippen molar-refractivity contribution in [3.8, 4) is 0 Å². The summed E-state index contributed by atoms with van der Waals surface area (Å²) in [5.74, 6) is -0.00144. The number of nitrogens with two attached hydrogens (primary N) is 1. The van der Waals surface area contributed by atoms with Gasteiger partial charge in [-0.2, -0.15) is 8.42 Å². The molecule has 0 bridgehead atoms. The Morgan fingerprint density at radius 1 is 1.38 bits per heavy atom. The van der Waals surface area contributed by atoms with Crippen LogP contribution in [0.25, 0.3) is 0 Å². The number of nitrogens with zero attached hydrogens (tertiary/aromatic N) is 1. The molecule has 0 fully saturated rings. The lowest BCUT2D eigenvalue weighted by Crippen LogP contribution is -2.23. The summed E-state index contributed by atoms with van der Waals surface area (Å²) in [5, 5.41) is 0. The second-order valence-electron chi connectivity index (χ2n) is 3.14. The maximum atomic E-state index is 11.1. The number of carbonyl (C=O) groups excluding carboxylic acids is 1. The highest BCUT2D eigenvalue weighted by Crippen LogP contribution is 2.03. The number of hydrogen-bond donors (Lipinski definition) is 3. The average molecular weight is 254 g/mol. The van der Waals surface area contributed by atoms with Crippen LogP contribution in [0.2, 0.25) is 0 Å². The molecule has 0 radical (unpaired) electrons. The third-order valence-electron chi connectivity index (χ3n) is 1.39. The molecular formula is C8H18N2O5S. The minimum Gasteiger partial charge on any atom is -0.345 e. The molecule has 0 unspecified atom stereocenters. The second kappa shape index (κ2) is 8.22. The Hall–Kier alpha value is -0.960. The van der Waals surface area contributed by atoms with Gasteiger partial charge in [-0.1, -0.05) is 6.58 Å². The monoisotopic (exact) mass is 254 g/mol. The molecule has 4 N–H and O–H groups in total. The summed E-state index contributed by atoms with van der Waals surface area (Å²) in [6.07, 6.45) is 1.53. The molecular weight excluding hydrogens is 236 g/mol. The first-order chi connectivity index (χ1) is 7.09. The van der Waals surface area contributed by atoms with Crippen LogP contribution in [0.15, 0.2) is 12.2 Å². The van der Waals surface area contributed by atoms with Crippen LogP contribution in [0, 0.1) is 0 Å². The highest BCUT2D eigenvalue weighted by atomic mass is 32.3. The summed E-state index contributed by atoms with van der Waals surface area (Å²) >= 11 is 0. The van der Waals surface area contributed by atoms with Crippen molar-refractivity contribution in [1.29, 1.82) is 0 Å². The van der Waals surface area contributed by atoms with Crippen LogP contribution in [0.1, 0.15) is 12.8 Å². The summed E-state index contributed by atoms with van der Waals surface area (Å²) in [6, 6.07) is 0. The third kappa shape index (κ3) is 15.5. The van der Waals surface area contributed by atoms with E-state index >= 15 is 0 Å². The van der Waals surface area contributed by atoms with Gasteiger partial charge in [0, 0.05) is 19.7 Å². The molecule has 0 rings (SSSR count). The molecule has 0 saturated heterocycles. The van der Waals surface area contributed by atoms with E-state index in [1.165, 1.54) is 4.90 Å². The molecule has 96 valence electrons. The van der Waals surface area contributed by atoms with Gasteiger partial charge in [0.15, 0.2) is 0 Å². The van der Waals surface area contributed by atoms with E-state index in [-0.39, 0.29) is 5.91 Å². The first-order valence-corrected chi connectivity index (χ1v) is 5.78. The van der Waals surface area contributed by atoms with Gasteiger partial charge in [0.1, 0.15) is 0 Å². The van der Waals surface area contributed by atoms with Crippen LogP contribution in [-0.2, 0) is 15.2 Å². The Bertz CT molecular complexity index is 315. The molecule has 0 heterocycles. The fraction of sp³-hybridized carbons (Fsp3) is 0.625. The molecule has 1 amide bonds. The Morgan fingerprint density at radius 3 is 2.00 bits per heavy atom. The van der Waals surface area contributed by atoms with Gasteiger partial charge < -0.3 is 10.6 Å². The Kier molecular flexibility index (Phi) is 8.96. The summed E-state index contributed by atoms with van der Waals surface area (Å²) in [7, 11) is -1.23. The highest BCUT2D eigenvalue weighted by molar-refractivity contribution is 7.79. The average Bonchev–Trinajstić information content (AvgIpc) is 2.10. The van der Waals surface area contributed by atoms with Gasteiger partial charge in [0.2, 0.25) is 5.91 Å². The van der Waals surface area contributed by atoms with Crippen molar-refractivity contribution in [3.05, 3.63) is 12.2 Å². The minimum absolute atomic E-state index is 0.00144. The van der Waals surface area contributed by atoms with Gasteiger partial charge in [0.25, 0.3) is 0 Å². The van der Waals surface area contributed by atoms with Crippen molar-refractivity contribution in [1.82, 2.24) is 4.90 Å². The molecule has 8 heteroatoms. The number of amides is 1. The van der Waals surface area contributed by atoms with Crippen LogP contribution in [-0.4, -0.2) is 49.0 Å². The van der Waals surface area contributed by atoms with Gasteiger partial charge in [-0.3, -0.25) is 13.9 Å². The molecule has 0 aliphatic carbocycles. The molecule has 0 saturated carbocycles. The molecule has 7 nitrogen and oxygen atoms in total. The lowest BCUT2D eigenvalue weighted by atomic mass is 10.1. The molecule has 0 atom stereocenters. The molecule has 0 aromatic carbocycles. The van der Waals surface area contributed by atoms with Crippen molar-refractivity contribution in [2.75, 3.05) is 20.6 Å². The van der Waals surface area contributed by atoms with E-state index in [2.05, 4.69) is 6.58 Å². The van der Waals surface area contributed by atoms with Crippen molar-refractivity contribution < 1.29 is 22.3 Å². The number of likely N-dealkylation sites (N-methyl/N-ethyl adjacent to an activating group) is 1. The van der Waals surface area contributed by atoms with E-state index in [1.807, 2.05) is 0 Å². The zero-order valence-corrected chi connectivity index (χ0v) is 10.2. The zero-order valence-electron chi connectivity index (χ0n) is 9.38. The summed E-state index contributed by atoms with van der Waals surface area (Å²) in [4.78, 5) is 12.7. The molecule has 0 aromatic rings. The molecule has 0 aromatic heterocycles. The van der Waals surface area contributed by atoms with Crippen LogP contribution in [0.3, 0.4) is 0 Å². The number of hydrogen-bond acceptors (Lipinski definition) is 4. The van der Waals surface area contributed by atoms with Crippen LogP contribution >= 0.6 is 0 Å². The maximum Gasteiger partial charge on any atom is 0.394 e. The van der Waals surface area contributed by atoms with Gasteiger partial charge in [-0.05, 0) is 19.4 Å². The predicted molar refractivity (Wildman–Crippen MR) is 60.3 cm³/mol. The first-order valence-electron chi connectivity index (χ1n) is 4.39. The van der Waals surface area contributed by atoms with Crippen LogP contribution in [0.4, 0.5) is 0 Å². The smallest absolute Gasteiger partial charge is 0.345 e. The largest absolute Gasteiger partial charge is 0.394 e. The molecule has 0 aliphatic heterocycles. The van der Waals surface area contributed by atoms with Gasteiger partial charge in [-0.25, -0.2) is 0 Å². The lowest BCUT2D eigenvalue weighted by molar-refractivity contribution is -0.124. The van der Waals surface area contributed by atoms with Crippen LogP contribution < -0.4 is 5.73 Å². The first kappa shape index (κ1) is 17.4. The quantitative estimate of drug-likeness (QED) is 0.468. The van der Waals surface area contributed by atoms with E-state index in [4.69, 9.17) is 23.3 Å². The van der Waals surface area contributed by atoms with Gasteiger partial charge >= 0.3 is 10.4 Å². The van der Waals surface area contributed by atoms with Crippen LogP contribution in [0.5, 0.6) is 0 Å². The Morgan fingerprint density at radius 2 is 1.75 bits per heavy atom. The normalized spacial score (nSPS) is 10.1. The predicted octanol–water partition coefficient (Wildman–Crippen LogP) is -0.283. The second-order valence-corrected chi connectivity index (χ2v) is 4.04. The SMILES string of the molecule is C=C(CCCN)C(=O)N(C)C.O=S(=O)(O)O. The van der Waals surface area contributed by atoms with E-state index in [0.29, 0.717) is 18.5 Å². The fourth-order valence-electron chi connectivity index (χ4n) is 0.739. The lowest BCUT2D eigenvalue weighted by Gasteiger charge is -2.11. The van der Waals surface area contributed by atoms with Crippen molar-refractivity contribution in [3.63, 3.8) is 0 Å². The van der Waals surface area contributed by atoms with Gasteiger partial charge in [0.05, 0.1) is 0 Å². The number of carbonyl (C=O) groups is 1.